The summed E-state index contributed by atoms with van der Waals surface area (Å²) < 4.78 is 45.5. The molecule has 4 amide bonds. The summed E-state index contributed by atoms with van der Waals surface area (Å²) in [7, 11) is 0. The fourth-order valence-electron chi connectivity index (χ4n) is 7.30. The van der Waals surface area contributed by atoms with Crippen molar-refractivity contribution in [1.82, 2.24) is 9.80 Å². The largest absolute Gasteiger partial charge is 0.459 e. The molecule has 0 aromatic heterocycles. The Kier molecular flexibility index (Phi) is 14.0. The first-order valence-corrected chi connectivity index (χ1v) is 21.2. The molecule has 0 saturated carbocycles. The molecule has 6 rings (SSSR count). The second-order valence-corrected chi connectivity index (χ2v) is 19.8. The topological polar surface area (TPSA) is 120 Å². The summed E-state index contributed by atoms with van der Waals surface area (Å²) in [6.45, 7) is 15.6. The Balaban J connectivity index is 0.000000237. The Morgan fingerprint density at radius 3 is 1.44 bits per heavy atom. The first kappa shape index (κ1) is 47.1. The van der Waals surface area contributed by atoms with E-state index < -0.39 is 63.9 Å². The number of ether oxygens (including phenoxy) is 3. The summed E-state index contributed by atoms with van der Waals surface area (Å²) in [5, 5.41) is 0. The van der Waals surface area contributed by atoms with Gasteiger partial charge in [-0.3, -0.25) is 14.4 Å². The van der Waals surface area contributed by atoms with E-state index in [4.69, 9.17) is 14.2 Å². The van der Waals surface area contributed by atoms with Crippen LogP contribution in [0.15, 0.2) is 106 Å². The number of benzene rings is 4. The lowest BCUT2D eigenvalue weighted by Gasteiger charge is -2.34. The average molecular weight is 969 g/mol. The summed E-state index contributed by atoms with van der Waals surface area (Å²) in [6.07, 6.45) is -1.51. The van der Waals surface area contributed by atoms with E-state index in [1.54, 1.807) is 98.7 Å². The maximum Gasteiger partial charge on any atom is 0.417 e. The van der Waals surface area contributed by atoms with E-state index in [1.165, 1.54) is 36.4 Å². The van der Waals surface area contributed by atoms with Gasteiger partial charge in [-0.05, 0) is 133 Å². The van der Waals surface area contributed by atoms with Gasteiger partial charge in [-0.2, -0.15) is 0 Å². The minimum atomic E-state index is -1.91. The van der Waals surface area contributed by atoms with Crippen molar-refractivity contribution in [3.8, 4) is 0 Å². The van der Waals surface area contributed by atoms with E-state index >= 15 is 0 Å². The van der Waals surface area contributed by atoms with Gasteiger partial charge in [0.1, 0.15) is 28.4 Å². The lowest BCUT2D eigenvalue weighted by atomic mass is 9.69. The van der Waals surface area contributed by atoms with Gasteiger partial charge in [-0.25, -0.2) is 28.2 Å². The minimum absolute atomic E-state index is 0.105. The molecule has 4 aromatic rings. The zero-order chi connectivity index (χ0) is 45.2. The molecular formula is C47H50Br2F2N2O8. The van der Waals surface area contributed by atoms with Gasteiger partial charge in [0.05, 0.1) is 5.92 Å². The second kappa shape index (κ2) is 18.2. The lowest BCUT2D eigenvalue weighted by Crippen LogP contribution is -2.51. The van der Waals surface area contributed by atoms with E-state index in [9.17, 15) is 32.8 Å². The van der Waals surface area contributed by atoms with Crippen LogP contribution < -0.4 is 0 Å². The fourth-order valence-corrected chi connectivity index (χ4v) is 7.83. The highest BCUT2D eigenvalue weighted by Crippen LogP contribution is 2.49. The molecule has 0 spiro atoms. The van der Waals surface area contributed by atoms with Crippen LogP contribution >= 0.6 is 31.9 Å². The third-order valence-corrected chi connectivity index (χ3v) is 10.9. The molecule has 14 heteroatoms. The van der Waals surface area contributed by atoms with Gasteiger partial charge in [0.15, 0.2) is 5.41 Å². The van der Waals surface area contributed by atoms with Gasteiger partial charge in [0.2, 0.25) is 5.91 Å². The van der Waals surface area contributed by atoms with Crippen LogP contribution in [-0.4, -0.2) is 69.7 Å². The first-order chi connectivity index (χ1) is 28.3. The molecular weight excluding hydrogens is 918 g/mol. The van der Waals surface area contributed by atoms with Crippen LogP contribution in [0.5, 0.6) is 0 Å². The fraction of sp³-hybridized carbons (Fsp3) is 0.383. The van der Waals surface area contributed by atoms with Gasteiger partial charge in [0, 0.05) is 33.9 Å². The molecule has 10 nitrogen and oxygen atoms in total. The van der Waals surface area contributed by atoms with Crippen molar-refractivity contribution in [2.75, 3.05) is 13.1 Å². The van der Waals surface area contributed by atoms with Crippen LogP contribution in [0.4, 0.5) is 18.4 Å². The molecule has 61 heavy (non-hydrogen) atoms. The summed E-state index contributed by atoms with van der Waals surface area (Å²) in [5.41, 5.74) is -1.85. The molecule has 2 aliphatic rings. The van der Waals surface area contributed by atoms with E-state index in [0.29, 0.717) is 11.1 Å². The van der Waals surface area contributed by atoms with Crippen molar-refractivity contribution >= 4 is 61.8 Å². The smallest absolute Gasteiger partial charge is 0.417 e. The number of likely N-dealkylation sites (tertiary alicyclic amines) is 2. The molecule has 324 valence electrons. The molecule has 4 aromatic carbocycles. The van der Waals surface area contributed by atoms with Gasteiger partial charge >= 0.3 is 18.2 Å². The van der Waals surface area contributed by atoms with Crippen LogP contribution in [0.2, 0.25) is 0 Å². The minimum Gasteiger partial charge on any atom is -0.459 e. The number of imide groups is 2. The number of nitrogens with zero attached hydrogens (tertiary/aromatic N) is 2. The Morgan fingerprint density at radius 2 is 0.984 bits per heavy atom. The summed E-state index contributed by atoms with van der Waals surface area (Å²) >= 11 is 6.81. The maximum atomic E-state index is 14.0. The number of hydrogen-bond acceptors (Lipinski definition) is 8. The third-order valence-electron chi connectivity index (χ3n) is 9.83. The van der Waals surface area contributed by atoms with E-state index in [2.05, 4.69) is 31.9 Å². The number of carbonyl (C=O) groups is 5. The highest BCUT2D eigenvalue weighted by Gasteiger charge is 2.64. The molecule has 0 aliphatic carbocycles. The number of hydrogen-bond donors (Lipinski definition) is 0. The Morgan fingerprint density at radius 1 is 0.574 bits per heavy atom. The van der Waals surface area contributed by atoms with Gasteiger partial charge < -0.3 is 14.2 Å². The Hall–Kier alpha value is -4.95. The van der Waals surface area contributed by atoms with Crippen molar-refractivity contribution in [3.05, 3.63) is 140 Å². The van der Waals surface area contributed by atoms with Gasteiger partial charge in [-0.15, -0.1) is 0 Å². The normalized spacial score (nSPS) is 20.5. The monoisotopic (exact) mass is 966 g/mol. The maximum absolute atomic E-state index is 14.0. The van der Waals surface area contributed by atoms with Gasteiger partial charge in [-0.1, -0.05) is 80.4 Å². The quantitative estimate of drug-likeness (QED) is 0.110. The predicted molar refractivity (Wildman–Crippen MR) is 233 cm³/mol. The van der Waals surface area contributed by atoms with Crippen LogP contribution in [0.3, 0.4) is 0 Å². The van der Waals surface area contributed by atoms with Crippen molar-refractivity contribution in [2.45, 2.75) is 102 Å². The molecule has 0 radical (unpaired) electrons. The van der Waals surface area contributed by atoms with E-state index in [1.807, 2.05) is 24.3 Å². The standard InChI is InChI=1S/C26H29BrFNO5.C21H21BrFNO3/c1-24(2,3)33-22(31)26(17-9-13-19(28)14-10-17)20(16-7-11-18(27)12-8-16)15-29(21(26)30)23(32)34-25(4,5)6;1-21(2,3)27-20(26)24-12-17(13-4-8-15(22)9-5-13)18(19(24)25)14-6-10-16(23)11-7-14/h7-14,20H,15H2,1-6H3;4-11,17-18H,12H2,1-3H3/t20-,26-;17-,18-/m00/s1. The SMILES string of the molecule is CC(C)(C)OC(=O)N1C[C@@H](c2ccc(Br)cc2)[C@@](C(=O)OC(C)(C)C)(c2ccc(F)cc2)C1=O.CC(C)(C)OC(=O)N1C[C@@H](c2ccc(Br)cc2)[C@H](c2ccc(F)cc2)C1=O. The zero-order valence-electron chi connectivity index (χ0n) is 35.6. The average Bonchev–Trinajstić information content (AvgIpc) is 3.66. The van der Waals surface area contributed by atoms with Crippen LogP contribution in [-0.2, 0) is 34.0 Å². The molecule has 2 aliphatic heterocycles. The van der Waals surface area contributed by atoms with E-state index in [0.717, 1.165) is 24.3 Å². The van der Waals surface area contributed by atoms with E-state index in [-0.39, 0.29) is 36.3 Å². The molecule has 0 N–H and O–H groups in total. The Labute approximate surface area is 372 Å². The van der Waals surface area contributed by atoms with Crippen LogP contribution in [0, 0.1) is 11.6 Å². The Bertz CT molecular complexity index is 2250. The highest BCUT2D eigenvalue weighted by atomic mass is 79.9. The zero-order valence-corrected chi connectivity index (χ0v) is 38.7. The molecule has 0 unspecified atom stereocenters. The predicted octanol–water partition coefficient (Wildman–Crippen LogP) is 11.0. The number of carbonyl (C=O) groups excluding carboxylic acids is 5. The molecule has 2 heterocycles. The number of halogens is 4. The summed E-state index contributed by atoms with van der Waals surface area (Å²) in [4.78, 5) is 68.7. The number of esters is 1. The van der Waals surface area contributed by atoms with Crippen LogP contribution in [0.25, 0.3) is 0 Å². The van der Waals surface area contributed by atoms with Gasteiger partial charge in [0.25, 0.3) is 5.91 Å². The first-order valence-electron chi connectivity index (χ1n) is 19.7. The van der Waals surface area contributed by atoms with Crippen molar-refractivity contribution in [1.29, 1.82) is 0 Å². The number of rotatable bonds is 5. The molecule has 0 bridgehead atoms. The van der Waals surface area contributed by atoms with Crippen molar-refractivity contribution in [3.63, 3.8) is 0 Å². The summed E-state index contributed by atoms with van der Waals surface area (Å²) in [5.74, 6) is -4.38. The summed E-state index contributed by atoms with van der Waals surface area (Å²) in [6, 6.07) is 25.8. The lowest BCUT2D eigenvalue weighted by molar-refractivity contribution is -0.165. The molecule has 4 atom stereocenters. The number of amides is 4. The van der Waals surface area contributed by atoms with Crippen molar-refractivity contribution in [2.24, 2.45) is 0 Å². The molecule has 2 saturated heterocycles. The highest BCUT2D eigenvalue weighted by molar-refractivity contribution is 9.10. The van der Waals surface area contributed by atoms with Crippen LogP contribution in [0.1, 0.15) is 102 Å². The second-order valence-electron chi connectivity index (χ2n) is 17.9. The third kappa shape index (κ3) is 11.1. The van der Waals surface area contributed by atoms with Crippen molar-refractivity contribution < 1.29 is 47.0 Å². The molecule has 2 fully saturated rings.